The molecule has 1 aliphatic carbocycles. The summed E-state index contributed by atoms with van der Waals surface area (Å²) in [7, 11) is 0. The zero-order valence-electron chi connectivity index (χ0n) is 11.0. The van der Waals surface area contributed by atoms with Crippen LogP contribution in [-0.2, 0) is 19.4 Å². The first kappa shape index (κ1) is 12.6. The second-order valence-electron chi connectivity index (χ2n) is 5.13. The van der Waals surface area contributed by atoms with Crippen molar-refractivity contribution in [3.05, 3.63) is 64.2 Å². The molecule has 0 saturated heterocycles. The minimum absolute atomic E-state index is 0.792. The Bertz CT molecular complexity index is 560. The van der Waals surface area contributed by atoms with Crippen LogP contribution in [0.2, 0.25) is 5.02 Å². The largest absolute Gasteiger partial charge is 0.381 e. The van der Waals surface area contributed by atoms with Crippen LogP contribution in [0.15, 0.2) is 42.5 Å². The molecule has 1 N–H and O–H groups in total. The van der Waals surface area contributed by atoms with Crippen LogP contribution in [0.4, 0.5) is 5.69 Å². The van der Waals surface area contributed by atoms with Crippen LogP contribution in [0.3, 0.4) is 0 Å². The minimum Gasteiger partial charge on any atom is -0.381 e. The van der Waals surface area contributed by atoms with Crippen LogP contribution in [0.25, 0.3) is 0 Å². The number of anilines is 1. The highest BCUT2D eigenvalue weighted by atomic mass is 35.5. The van der Waals surface area contributed by atoms with Gasteiger partial charge in [-0.15, -0.1) is 0 Å². The van der Waals surface area contributed by atoms with Crippen molar-refractivity contribution in [2.75, 3.05) is 5.32 Å². The van der Waals surface area contributed by atoms with E-state index in [1.165, 1.54) is 48.1 Å². The summed E-state index contributed by atoms with van der Waals surface area (Å²) in [5.74, 6) is 0. The number of halogens is 1. The molecule has 0 amide bonds. The molecule has 0 aromatic heterocycles. The molecule has 0 atom stereocenters. The Hall–Kier alpha value is -1.47. The third-order valence-electron chi connectivity index (χ3n) is 3.79. The van der Waals surface area contributed by atoms with Gasteiger partial charge in [-0.2, -0.15) is 0 Å². The Balaban J connectivity index is 1.75. The third kappa shape index (κ3) is 2.93. The second-order valence-corrected chi connectivity index (χ2v) is 5.57. The molecule has 19 heavy (non-hydrogen) atoms. The van der Waals surface area contributed by atoms with Crippen molar-refractivity contribution in [3.63, 3.8) is 0 Å². The highest BCUT2D eigenvalue weighted by molar-refractivity contribution is 6.30. The Morgan fingerprint density at radius 2 is 1.74 bits per heavy atom. The monoisotopic (exact) mass is 271 g/mol. The molecular formula is C17H18ClN. The molecule has 1 aliphatic rings. The van der Waals surface area contributed by atoms with Crippen molar-refractivity contribution < 1.29 is 0 Å². The van der Waals surface area contributed by atoms with Crippen LogP contribution in [0.5, 0.6) is 0 Å². The molecule has 0 heterocycles. The number of hydrogen-bond acceptors (Lipinski definition) is 1. The van der Waals surface area contributed by atoms with Gasteiger partial charge in [-0.1, -0.05) is 35.9 Å². The molecule has 0 radical (unpaired) electrons. The highest BCUT2D eigenvalue weighted by Crippen LogP contribution is 2.28. The van der Waals surface area contributed by atoms with Crippen LogP contribution >= 0.6 is 11.6 Å². The number of hydrogen-bond donors (Lipinski definition) is 1. The van der Waals surface area contributed by atoms with Gasteiger partial charge in [0.05, 0.1) is 0 Å². The maximum atomic E-state index is 5.90. The third-order valence-corrected chi connectivity index (χ3v) is 4.04. The maximum Gasteiger partial charge on any atom is 0.0406 e. The van der Waals surface area contributed by atoms with Crippen molar-refractivity contribution in [1.82, 2.24) is 0 Å². The molecule has 2 heteroatoms. The zero-order valence-corrected chi connectivity index (χ0v) is 11.7. The molecule has 0 spiro atoms. The minimum atomic E-state index is 0.792. The van der Waals surface area contributed by atoms with Crippen molar-refractivity contribution in [2.24, 2.45) is 0 Å². The Morgan fingerprint density at radius 1 is 0.947 bits per heavy atom. The van der Waals surface area contributed by atoms with Gasteiger partial charge in [0.2, 0.25) is 0 Å². The number of nitrogens with one attached hydrogen (secondary N) is 1. The van der Waals surface area contributed by atoms with Crippen molar-refractivity contribution >= 4 is 17.3 Å². The number of fused-ring (bicyclic) bond motifs is 1. The molecule has 98 valence electrons. The Kier molecular flexibility index (Phi) is 3.74. The predicted octanol–water partition coefficient (Wildman–Crippen LogP) is 4.83. The number of benzene rings is 2. The van der Waals surface area contributed by atoms with Crippen LogP contribution in [0.1, 0.15) is 29.5 Å². The fourth-order valence-electron chi connectivity index (χ4n) is 2.75. The summed E-state index contributed by atoms with van der Waals surface area (Å²) in [6.07, 6.45) is 5.07. The van der Waals surface area contributed by atoms with Gasteiger partial charge >= 0.3 is 0 Å². The van der Waals surface area contributed by atoms with Crippen LogP contribution < -0.4 is 5.32 Å². The van der Waals surface area contributed by atoms with Crippen molar-refractivity contribution in [3.8, 4) is 0 Å². The van der Waals surface area contributed by atoms with E-state index in [0.717, 1.165) is 11.6 Å². The van der Waals surface area contributed by atoms with E-state index in [4.69, 9.17) is 11.6 Å². The number of aryl methyl sites for hydroxylation is 1. The fourth-order valence-corrected chi connectivity index (χ4v) is 2.87. The molecule has 0 saturated carbocycles. The summed E-state index contributed by atoms with van der Waals surface area (Å²) in [5.41, 5.74) is 5.60. The topological polar surface area (TPSA) is 12.0 Å². The molecule has 1 nitrogen and oxygen atoms in total. The van der Waals surface area contributed by atoms with Gasteiger partial charge in [-0.25, -0.2) is 0 Å². The quantitative estimate of drug-likeness (QED) is 0.843. The van der Waals surface area contributed by atoms with E-state index in [9.17, 15) is 0 Å². The molecule has 0 aliphatic heterocycles. The van der Waals surface area contributed by atoms with Gasteiger partial charge < -0.3 is 5.32 Å². The van der Waals surface area contributed by atoms with E-state index < -0.39 is 0 Å². The zero-order chi connectivity index (χ0) is 13.1. The van der Waals surface area contributed by atoms with E-state index in [1.807, 2.05) is 12.1 Å². The first-order valence-electron chi connectivity index (χ1n) is 6.92. The molecular weight excluding hydrogens is 254 g/mol. The lowest BCUT2D eigenvalue weighted by Crippen LogP contribution is -2.08. The summed E-state index contributed by atoms with van der Waals surface area (Å²) in [4.78, 5) is 0. The van der Waals surface area contributed by atoms with Gasteiger partial charge in [0.15, 0.2) is 0 Å². The number of rotatable bonds is 3. The first-order valence-corrected chi connectivity index (χ1v) is 7.30. The highest BCUT2D eigenvalue weighted by Gasteiger charge is 2.12. The summed E-state index contributed by atoms with van der Waals surface area (Å²) in [5, 5.41) is 4.36. The van der Waals surface area contributed by atoms with E-state index >= 15 is 0 Å². The Morgan fingerprint density at radius 3 is 2.58 bits per heavy atom. The standard InChI is InChI=1S/C17H18ClN/c18-15-10-8-13(9-11-15)12-19-17-7-3-5-14-4-1-2-6-16(14)17/h3,5,7-11,19H,1-2,4,6,12H2. The lowest BCUT2D eigenvalue weighted by atomic mass is 9.90. The van der Waals surface area contributed by atoms with Crippen LogP contribution in [0, 0.1) is 0 Å². The summed E-state index contributed by atoms with van der Waals surface area (Å²) in [6.45, 7) is 0.855. The molecule has 3 rings (SSSR count). The van der Waals surface area contributed by atoms with E-state index in [0.29, 0.717) is 0 Å². The average Bonchev–Trinajstić information content (AvgIpc) is 2.47. The summed E-state index contributed by atoms with van der Waals surface area (Å²) >= 11 is 5.90. The fraction of sp³-hybridized carbons (Fsp3) is 0.294. The summed E-state index contributed by atoms with van der Waals surface area (Å²) < 4.78 is 0. The predicted molar refractivity (Wildman–Crippen MR) is 81.9 cm³/mol. The lowest BCUT2D eigenvalue weighted by Gasteiger charge is -2.20. The van der Waals surface area contributed by atoms with Crippen molar-refractivity contribution in [2.45, 2.75) is 32.2 Å². The van der Waals surface area contributed by atoms with E-state index in [1.54, 1.807) is 0 Å². The van der Waals surface area contributed by atoms with Gasteiger partial charge in [0.1, 0.15) is 0 Å². The van der Waals surface area contributed by atoms with Gasteiger partial charge in [-0.3, -0.25) is 0 Å². The average molecular weight is 272 g/mol. The summed E-state index contributed by atoms with van der Waals surface area (Å²) in [6, 6.07) is 14.7. The first-order chi connectivity index (χ1) is 9.33. The van der Waals surface area contributed by atoms with E-state index in [-0.39, 0.29) is 0 Å². The van der Waals surface area contributed by atoms with Gasteiger partial charge in [-0.05, 0) is 60.6 Å². The smallest absolute Gasteiger partial charge is 0.0406 e. The SMILES string of the molecule is Clc1ccc(CNc2cccc3c2CCCC3)cc1. The molecule has 2 aromatic rings. The Labute approximate surface area is 119 Å². The second kappa shape index (κ2) is 5.66. The molecule has 2 aromatic carbocycles. The van der Waals surface area contributed by atoms with Crippen LogP contribution in [-0.4, -0.2) is 0 Å². The lowest BCUT2D eigenvalue weighted by molar-refractivity contribution is 0.686. The maximum absolute atomic E-state index is 5.90. The normalized spacial score (nSPS) is 13.9. The molecule has 0 fully saturated rings. The van der Waals surface area contributed by atoms with Gasteiger partial charge in [0, 0.05) is 17.3 Å². The molecule has 0 bridgehead atoms. The van der Waals surface area contributed by atoms with E-state index in [2.05, 4.69) is 35.6 Å². The van der Waals surface area contributed by atoms with Gasteiger partial charge in [0.25, 0.3) is 0 Å². The van der Waals surface area contributed by atoms with Crippen molar-refractivity contribution in [1.29, 1.82) is 0 Å². The molecule has 0 unspecified atom stereocenters.